The zero-order valence-electron chi connectivity index (χ0n) is 18.8. The Morgan fingerprint density at radius 2 is 1.50 bits per heavy atom. The van der Waals surface area contributed by atoms with E-state index in [2.05, 4.69) is 9.88 Å². The molecule has 1 amide bonds. The maximum absolute atomic E-state index is 14.0. The molecule has 182 valence electrons. The molecule has 2 fully saturated rings. The first kappa shape index (κ1) is 25.1. The van der Waals surface area contributed by atoms with Gasteiger partial charge in [-0.15, -0.1) is 0 Å². The molecule has 2 N–H and O–H groups in total. The second kappa shape index (κ2) is 12.1. The van der Waals surface area contributed by atoms with Crippen molar-refractivity contribution < 1.29 is 29.0 Å². The quantitative estimate of drug-likeness (QED) is 0.649. The number of piperazine rings is 1. The highest BCUT2D eigenvalue weighted by Gasteiger charge is 2.30. The van der Waals surface area contributed by atoms with Crippen LogP contribution >= 0.6 is 0 Å². The Bertz CT molecular complexity index is 962. The molecule has 0 saturated carbocycles. The van der Waals surface area contributed by atoms with Crippen LogP contribution in [0.1, 0.15) is 18.5 Å². The van der Waals surface area contributed by atoms with Gasteiger partial charge in [-0.25, -0.2) is 14.0 Å². The summed E-state index contributed by atoms with van der Waals surface area (Å²) in [6.07, 6.45) is 3.63. The lowest BCUT2D eigenvalue weighted by molar-refractivity contribution is -0.159. The number of carbonyl (C=O) groups is 3. The number of nitrogens with zero attached hydrogens (tertiary/aromatic N) is 4. The number of rotatable bonds is 4. The predicted molar refractivity (Wildman–Crippen MR) is 123 cm³/mol. The molecule has 1 aromatic carbocycles. The molecule has 9 nitrogen and oxygen atoms in total. The van der Waals surface area contributed by atoms with E-state index in [1.165, 1.54) is 6.07 Å². The van der Waals surface area contributed by atoms with Gasteiger partial charge in [-0.2, -0.15) is 0 Å². The Labute approximate surface area is 197 Å². The number of para-hydroxylation sites is 1. The van der Waals surface area contributed by atoms with Crippen LogP contribution in [-0.2, 0) is 20.9 Å². The Morgan fingerprint density at radius 3 is 2.06 bits per heavy atom. The summed E-state index contributed by atoms with van der Waals surface area (Å²) in [5.74, 6) is -3.46. The number of carboxylic acid groups (broad SMARTS) is 2. The van der Waals surface area contributed by atoms with E-state index in [1.807, 2.05) is 46.3 Å². The fourth-order valence-electron chi connectivity index (χ4n) is 4.19. The van der Waals surface area contributed by atoms with Crippen molar-refractivity contribution in [3.63, 3.8) is 0 Å². The Morgan fingerprint density at radius 1 is 0.882 bits per heavy atom. The van der Waals surface area contributed by atoms with Crippen LogP contribution in [-0.4, -0.2) is 82.1 Å². The molecule has 0 atom stereocenters. The highest BCUT2D eigenvalue weighted by molar-refractivity contribution is 6.27. The van der Waals surface area contributed by atoms with Crippen LogP contribution in [0.4, 0.5) is 10.1 Å². The van der Waals surface area contributed by atoms with E-state index < -0.39 is 11.9 Å². The number of hydrogen-bond donors (Lipinski definition) is 2. The molecule has 1 aromatic heterocycles. The van der Waals surface area contributed by atoms with Crippen LogP contribution in [0.5, 0.6) is 0 Å². The zero-order valence-corrected chi connectivity index (χ0v) is 18.8. The second-order valence-corrected chi connectivity index (χ2v) is 8.25. The van der Waals surface area contributed by atoms with Crippen molar-refractivity contribution in [3.05, 3.63) is 60.2 Å². The molecule has 0 bridgehead atoms. The lowest BCUT2D eigenvalue weighted by atomic mass is 9.95. The lowest BCUT2D eigenvalue weighted by Gasteiger charge is -2.39. The lowest BCUT2D eigenvalue weighted by Crippen LogP contribution is -2.51. The molecule has 0 spiro atoms. The summed E-state index contributed by atoms with van der Waals surface area (Å²) < 4.78 is 14.0. The Hall–Kier alpha value is -3.53. The van der Waals surface area contributed by atoms with Gasteiger partial charge in [0, 0.05) is 44.8 Å². The summed E-state index contributed by atoms with van der Waals surface area (Å²) >= 11 is 0. The van der Waals surface area contributed by atoms with Crippen molar-refractivity contribution in [2.24, 2.45) is 5.92 Å². The number of carbonyl (C=O) groups excluding carboxylic acids is 1. The number of carboxylic acids is 2. The molecule has 4 rings (SSSR count). The molecular weight excluding hydrogens is 443 g/mol. The minimum absolute atomic E-state index is 0.111. The molecule has 0 radical (unpaired) electrons. The molecule has 0 unspecified atom stereocenters. The summed E-state index contributed by atoms with van der Waals surface area (Å²) in [5, 5.41) is 14.8. The molecule has 2 aliphatic rings. The molecule has 2 aromatic rings. The van der Waals surface area contributed by atoms with E-state index in [0.29, 0.717) is 31.9 Å². The van der Waals surface area contributed by atoms with Crippen molar-refractivity contribution in [2.45, 2.75) is 19.4 Å². The Balaban J connectivity index is 0.000000481. The van der Waals surface area contributed by atoms with E-state index in [1.54, 1.807) is 6.07 Å². The van der Waals surface area contributed by atoms with E-state index in [-0.39, 0.29) is 17.6 Å². The highest BCUT2D eigenvalue weighted by atomic mass is 19.1. The fourth-order valence-corrected chi connectivity index (χ4v) is 4.19. The van der Waals surface area contributed by atoms with Gasteiger partial charge in [0.05, 0.1) is 11.4 Å². The number of anilines is 1. The van der Waals surface area contributed by atoms with Crippen LogP contribution in [0.3, 0.4) is 0 Å². The van der Waals surface area contributed by atoms with Crippen LogP contribution < -0.4 is 4.90 Å². The van der Waals surface area contributed by atoms with Crippen LogP contribution in [0.25, 0.3) is 0 Å². The molecular formula is C24H29FN4O5. The average Bonchev–Trinajstić information content (AvgIpc) is 2.85. The summed E-state index contributed by atoms with van der Waals surface area (Å²) in [5.41, 5.74) is 1.72. The molecule has 2 aliphatic heterocycles. The van der Waals surface area contributed by atoms with Crippen molar-refractivity contribution in [3.8, 4) is 0 Å². The van der Waals surface area contributed by atoms with Gasteiger partial charge in [-0.1, -0.05) is 18.2 Å². The molecule has 34 heavy (non-hydrogen) atoms. The summed E-state index contributed by atoms with van der Waals surface area (Å²) in [7, 11) is 0. The number of pyridine rings is 1. The van der Waals surface area contributed by atoms with Gasteiger partial charge in [0.25, 0.3) is 0 Å². The van der Waals surface area contributed by atoms with Crippen molar-refractivity contribution >= 4 is 23.5 Å². The number of likely N-dealkylation sites (tertiary alicyclic amines) is 1. The maximum Gasteiger partial charge on any atom is 0.414 e. The van der Waals surface area contributed by atoms with E-state index in [4.69, 9.17) is 19.8 Å². The van der Waals surface area contributed by atoms with E-state index in [0.717, 1.165) is 38.2 Å². The van der Waals surface area contributed by atoms with Gasteiger partial charge in [0.2, 0.25) is 5.91 Å². The van der Waals surface area contributed by atoms with Gasteiger partial charge >= 0.3 is 11.9 Å². The van der Waals surface area contributed by atoms with Crippen LogP contribution in [0.2, 0.25) is 0 Å². The topological polar surface area (TPSA) is 114 Å². The minimum Gasteiger partial charge on any atom is -0.473 e. The van der Waals surface area contributed by atoms with Gasteiger partial charge < -0.3 is 20.0 Å². The molecule has 3 heterocycles. The van der Waals surface area contributed by atoms with E-state index in [9.17, 15) is 9.18 Å². The zero-order chi connectivity index (χ0) is 24.5. The SMILES string of the molecule is O=C(C1CCN(Cc2ccccn2)CC1)N1CCN(c2ccccc2F)CC1.O=C(O)C(=O)O. The summed E-state index contributed by atoms with van der Waals surface area (Å²) in [6, 6.07) is 12.9. The van der Waals surface area contributed by atoms with Gasteiger partial charge in [0.1, 0.15) is 5.82 Å². The standard InChI is InChI=1S/C22H27FN4O.C2H2O4/c23-20-6-1-2-7-21(20)26-13-15-27(16-14-26)22(28)18-8-11-25(12-9-18)17-19-5-3-4-10-24-19;3-1(4)2(5)6/h1-7,10,18H,8-9,11-17H2;(H,3,4)(H,5,6). The smallest absolute Gasteiger partial charge is 0.414 e. The largest absolute Gasteiger partial charge is 0.473 e. The first-order valence-electron chi connectivity index (χ1n) is 11.2. The van der Waals surface area contributed by atoms with Gasteiger partial charge in [0.15, 0.2) is 0 Å². The number of piperidine rings is 1. The van der Waals surface area contributed by atoms with Gasteiger partial charge in [-0.3, -0.25) is 14.7 Å². The highest BCUT2D eigenvalue weighted by Crippen LogP contribution is 2.24. The van der Waals surface area contributed by atoms with Gasteiger partial charge in [-0.05, 0) is 50.2 Å². The summed E-state index contributed by atoms with van der Waals surface area (Å²) in [6.45, 7) is 5.42. The normalized spacial score (nSPS) is 17.0. The number of aliphatic carboxylic acids is 2. The molecule has 2 saturated heterocycles. The molecule has 0 aliphatic carbocycles. The fraction of sp³-hybridized carbons (Fsp3) is 0.417. The predicted octanol–water partition coefficient (Wildman–Crippen LogP) is 1.94. The third kappa shape index (κ3) is 6.98. The number of halogens is 1. The third-order valence-electron chi connectivity index (χ3n) is 6.02. The Kier molecular flexibility index (Phi) is 8.92. The average molecular weight is 473 g/mol. The van der Waals surface area contributed by atoms with Crippen LogP contribution in [0.15, 0.2) is 48.7 Å². The first-order valence-corrected chi connectivity index (χ1v) is 11.2. The maximum atomic E-state index is 14.0. The van der Waals surface area contributed by atoms with E-state index >= 15 is 0 Å². The number of benzene rings is 1. The van der Waals surface area contributed by atoms with Crippen molar-refractivity contribution in [2.75, 3.05) is 44.2 Å². The first-order chi connectivity index (χ1) is 16.3. The summed E-state index contributed by atoms with van der Waals surface area (Å²) in [4.78, 5) is 41.9. The van der Waals surface area contributed by atoms with Crippen molar-refractivity contribution in [1.29, 1.82) is 0 Å². The van der Waals surface area contributed by atoms with Crippen molar-refractivity contribution in [1.82, 2.24) is 14.8 Å². The second-order valence-electron chi connectivity index (χ2n) is 8.25. The monoisotopic (exact) mass is 472 g/mol. The molecule has 10 heteroatoms. The van der Waals surface area contributed by atoms with Crippen LogP contribution in [0, 0.1) is 11.7 Å². The third-order valence-corrected chi connectivity index (χ3v) is 6.02. The number of amides is 1. The minimum atomic E-state index is -1.82. The number of hydrogen-bond acceptors (Lipinski definition) is 6. The number of aromatic nitrogens is 1.